The molecule has 128 valence electrons. The SMILES string of the molecule is CN(CCC(=O)Nc1ccc(N(C)C)cc1)CCc1ccncc1. The molecule has 2 rings (SSSR count). The second-order valence-corrected chi connectivity index (χ2v) is 6.15. The minimum atomic E-state index is 0.0448. The Kier molecular flexibility index (Phi) is 6.75. The number of hydrogen-bond donors (Lipinski definition) is 1. The first kappa shape index (κ1) is 17.9. The minimum absolute atomic E-state index is 0.0448. The normalized spacial score (nSPS) is 10.7. The maximum atomic E-state index is 12.1. The molecule has 5 heteroatoms. The van der Waals surface area contributed by atoms with Gasteiger partial charge in [0.25, 0.3) is 0 Å². The monoisotopic (exact) mass is 326 g/mol. The summed E-state index contributed by atoms with van der Waals surface area (Å²) in [5, 5.41) is 2.94. The number of hydrogen-bond acceptors (Lipinski definition) is 4. The summed E-state index contributed by atoms with van der Waals surface area (Å²) >= 11 is 0. The van der Waals surface area contributed by atoms with E-state index in [1.165, 1.54) is 5.56 Å². The summed E-state index contributed by atoms with van der Waals surface area (Å²) in [4.78, 5) is 20.3. The highest BCUT2D eigenvalue weighted by atomic mass is 16.1. The summed E-state index contributed by atoms with van der Waals surface area (Å²) in [5.74, 6) is 0.0448. The van der Waals surface area contributed by atoms with Gasteiger partial charge in [-0.1, -0.05) is 0 Å². The Balaban J connectivity index is 1.70. The van der Waals surface area contributed by atoms with E-state index in [0.29, 0.717) is 6.42 Å². The number of carbonyl (C=O) groups excluding carboxylic acids is 1. The van der Waals surface area contributed by atoms with Crippen LogP contribution in [0, 0.1) is 0 Å². The number of benzene rings is 1. The first-order valence-corrected chi connectivity index (χ1v) is 8.19. The lowest BCUT2D eigenvalue weighted by Crippen LogP contribution is -2.26. The zero-order chi connectivity index (χ0) is 17.4. The van der Waals surface area contributed by atoms with E-state index in [9.17, 15) is 4.79 Å². The smallest absolute Gasteiger partial charge is 0.225 e. The zero-order valence-corrected chi connectivity index (χ0v) is 14.7. The summed E-state index contributed by atoms with van der Waals surface area (Å²) in [7, 11) is 6.03. The van der Waals surface area contributed by atoms with Crippen LogP contribution in [-0.2, 0) is 11.2 Å². The lowest BCUT2D eigenvalue weighted by molar-refractivity contribution is -0.116. The second kappa shape index (κ2) is 9.03. The first-order chi connectivity index (χ1) is 11.5. The fraction of sp³-hybridized carbons (Fsp3) is 0.368. The quantitative estimate of drug-likeness (QED) is 0.810. The van der Waals surface area contributed by atoms with Gasteiger partial charge in [-0.3, -0.25) is 9.78 Å². The third-order valence-electron chi connectivity index (χ3n) is 3.92. The highest BCUT2D eigenvalue weighted by Gasteiger charge is 2.06. The van der Waals surface area contributed by atoms with Gasteiger partial charge in [-0.2, -0.15) is 0 Å². The van der Waals surface area contributed by atoms with Crippen LogP contribution in [-0.4, -0.2) is 50.0 Å². The van der Waals surface area contributed by atoms with E-state index in [4.69, 9.17) is 0 Å². The Bertz CT molecular complexity index is 626. The van der Waals surface area contributed by atoms with Gasteiger partial charge in [-0.25, -0.2) is 0 Å². The van der Waals surface area contributed by atoms with Crippen molar-refractivity contribution in [3.05, 3.63) is 54.4 Å². The van der Waals surface area contributed by atoms with Crippen molar-refractivity contribution in [2.75, 3.05) is 44.4 Å². The summed E-state index contributed by atoms with van der Waals surface area (Å²) in [6.45, 7) is 1.67. The lowest BCUT2D eigenvalue weighted by Gasteiger charge is -2.16. The molecule has 0 radical (unpaired) electrons. The van der Waals surface area contributed by atoms with Crippen LogP contribution in [0.4, 0.5) is 11.4 Å². The molecular formula is C19H26N4O. The zero-order valence-electron chi connectivity index (χ0n) is 14.7. The molecule has 0 aliphatic heterocycles. The van der Waals surface area contributed by atoms with Gasteiger partial charge in [0.1, 0.15) is 0 Å². The maximum Gasteiger partial charge on any atom is 0.225 e. The van der Waals surface area contributed by atoms with Crippen LogP contribution in [0.2, 0.25) is 0 Å². The van der Waals surface area contributed by atoms with Crippen LogP contribution in [0.5, 0.6) is 0 Å². The molecule has 0 saturated heterocycles. The average Bonchev–Trinajstić information content (AvgIpc) is 2.59. The van der Waals surface area contributed by atoms with Crippen molar-refractivity contribution >= 4 is 17.3 Å². The van der Waals surface area contributed by atoms with Gasteiger partial charge in [-0.05, 0) is 55.4 Å². The Morgan fingerprint density at radius 2 is 1.67 bits per heavy atom. The van der Waals surface area contributed by atoms with Gasteiger partial charge in [-0.15, -0.1) is 0 Å². The largest absolute Gasteiger partial charge is 0.378 e. The summed E-state index contributed by atoms with van der Waals surface area (Å²) in [6, 6.07) is 11.9. The number of amides is 1. The molecule has 1 aromatic heterocycles. The molecule has 1 N–H and O–H groups in total. The van der Waals surface area contributed by atoms with Crippen LogP contribution >= 0.6 is 0 Å². The van der Waals surface area contributed by atoms with Gasteiger partial charge in [0.15, 0.2) is 0 Å². The maximum absolute atomic E-state index is 12.1. The number of likely N-dealkylation sites (N-methyl/N-ethyl adjacent to an activating group) is 1. The Morgan fingerprint density at radius 1 is 1.00 bits per heavy atom. The van der Waals surface area contributed by atoms with Gasteiger partial charge in [0.05, 0.1) is 0 Å². The van der Waals surface area contributed by atoms with Crippen molar-refractivity contribution in [2.45, 2.75) is 12.8 Å². The Morgan fingerprint density at radius 3 is 2.29 bits per heavy atom. The Labute approximate surface area is 144 Å². The molecule has 0 bridgehead atoms. The molecular weight excluding hydrogens is 300 g/mol. The molecule has 5 nitrogen and oxygen atoms in total. The molecule has 1 heterocycles. The topological polar surface area (TPSA) is 48.5 Å². The van der Waals surface area contributed by atoms with Crippen LogP contribution in [0.3, 0.4) is 0 Å². The van der Waals surface area contributed by atoms with Crippen LogP contribution < -0.4 is 10.2 Å². The van der Waals surface area contributed by atoms with E-state index in [1.54, 1.807) is 0 Å². The molecule has 24 heavy (non-hydrogen) atoms. The molecule has 0 aliphatic rings. The van der Waals surface area contributed by atoms with Crippen molar-refractivity contribution in [3.8, 4) is 0 Å². The van der Waals surface area contributed by atoms with Gasteiger partial charge >= 0.3 is 0 Å². The van der Waals surface area contributed by atoms with E-state index in [2.05, 4.69) is 15.2 Å². The molecule has 0 spiro atoms. The van der Waals surface area contributed by atoms with Crippen molar-refractivity contribution < 1.29 is 4.79 Å². The molecule has 0 atom stereocenters. The number of carbonyl (C=O) groups is 1. The molecule has 0 fully saturated rings. The van der Waals surface area contributed by atoms with Crippen molar-refractivity contribution in [1.82, 2.24) is 9.88 Å². The minimum Gasteiger partial charge on any atom is -0.378 e. The van der Waals surface area contributed by atoms with Gasteiger partial charge in [0.2, 0.25) is 5.91 Å². The standard InChI is InChI=1S/C19H26N4O/c1-22(2)18-6-4-17(5-7-18)21-19(24)11-15-23(3)14-10-16-8-12-20-13-9-16/h4-9,12-13H,10-11,14-15H2,1-3H3,(H,21,24). The Hall–Kier alpha value is -2.40. The van der Waals surface area contributed by atoms with Crippen molar-refractivity contribution in [2.24, 2.45) is 0 Å². The third-order valence-corrected chi connectivity index (χ3v) is 3.92. The number of nitrogens with one attached hydrogen (secondary N) is 1. The molecule has 0 saturated carbocycles. The summed E-state index contributed by atoms with van der Waals surface area (Å²) in [6.07, 6.45) is 5.07. The molecule has 0 aliphatic carbocycles. The molecule has 2 aromatic rings. The number of pyridine rings is 1. The van der Waals surface area contributed by atoms with E-state index >= 15 is 0 Å². The molecule has 1 amide bonds. The average molecular weight is 326 g/mol. The number of aromatic nitrogens is 1. The van der Waals surface area contributed by atoms with Crippen molar-refractivity contribution in [3.63, 3.8) is 0 Å². The molecule has 0 unspecified atom stereocenters. The fourth-order valence-electron chi connectivity index (χ4n) is 2.34. The van der Waals surface area contributed by atoms with Crippen LogP contribution in [0.15, 0.2) is 48.8 Å². The number of anilines is 2. The predicted molar refractivity (Wildman–Crippen MR) is 99.5 cm³/mol. The summed E-state index contributed by atoms with van der Waals surface area (Å²) < 4.78 is 0. The lowest BCUT2D eigenvalue weighted by atomic mass is 10.2. The highest BCUT2D eigenvalue weighted by Crippen LogP contribution is 2.15. The van der Waals surface area contributed by atoms with Gasteiger partial charge < -0.3 is 15.1 Å². The number of rotatable bonds is 8. The molecule has 1 aromatic carbocycles. The van der Waals surface area contributed by atoms with Crippen LogP contribution in [0.25, 0.3) is 0 Å². The third kappa shape index (κ3) is 6.01. The first-order valence-electron chi connectivity index (χ1n) is 8.19. The van der Waals surface area contributed by atoms with Crippen molar-refractivity contribution in [1.29, 1.82) is 0 Å². The van der Waals surface area contributed by atoms with Gasteiger partial charge in [0, 0.05) is 57.4 Å². The fourth-order valence-corrected chi connectivity index (χ4v) is 2.34. The van der Waals surface area contributed by atoms with E-state index in [0.717, 1.165) is 30.9 Å². The van der Waals surface area contributed by atoms with E-state index in [-0.39, 0.29) is 5.91 Å². The second-order valence-electron chi connectivity index (χ2n) is 6.15. The van der Waals surface area contributed by atoms with E-state index < -0.39 is 0 Å². The summed E-state index contributed by atoms with van der Waals surface area (Å²) in [5.41, 5.74) is 3.22. The highest BCUT2D eigenvalue weighted by molar-refractivity contribution is 5.91. The van der Waals surface area contributed by atoms with Crippen LogP contribution in [0.1, 0.15) is 12.0 Å². The number of nitrogens with zero attached hydrogens (tertiary/aromatic N) is 3. The van der Waals surface area contributed by atoms with E-state index in [1.807, 2.05) is 74.8 Å². The predicted octanol–water partition coefficient (Wildman–Crippen LogP) is 2.65.